The first-order valence-electron chi connectivity index (χ1n) is 10.8. The van der Waals surface area contributed by atoms with E-state index in [2.05, 4.69) is 15.5 Å². The maximum Gasteiger partial charge on any atom is 0.295 e. The summed E-state index contributed by atoms with van der Waals surface area (Å²) in [6.07, 6.45) is 0.797. The summed E-state index contributed by atoms with van der Waals surface area (Å²) in [5.74, 6) is -0.290. The first-order valence-corrected chi connectivity index (χ1v) is 10.8. The number of carbonyl (C=O) groups is 1. The quantitative estimate of drug-likeness (QED) is 0.514. The molecule has 7 nitrogen and oxygen atoms in total. The molecule has 2 aromatic heterocycles. The van der Waals surface area contributed by atoms with Gasteiger partial charge < -0.3 is 5.32 Å². The molecule has 1 unspecified atom stereocenters. The third-order valence-electron chi connectivity index (χ3n) is 5.88. The van der Waals surface area contributed by atoms with Gasteiger partial charge >= 0.3 is 0 Å². The SMILES string of the molecule is CCc1cccc(C)c1NC(=O)C(C)n1nc(C)c2c(C)n(-c3ccccc3)nc2c1=O. The summed E-state index contributed by atoms with van der Waals surface area (Å²) in [4.78, 5) is 26.4. The van der Waals surface area contributed by atoms with Crippen LogP contribution in [0.2, 0.25) is 0 Å². The first-order chi connectivity index (χ1) is 15.3. The molecule has 4 aromatic rings. The van der Waals surface area contributed by atoms with Gasteiger partial charge in [-0.05, 0) is 57.4 Å². The van der Waals surface area contributed by atoms with Crippen LogP contribution in [-0.2, 0) is 11.2 Å². The zero-order valence-electron chi connectivity index (χ0n) is 19.0. The molecular weight excluding hydrogens is 402 g/mol. The molecule has 0 fully saturated rings. The van der Waals surface area contributed by atoms with Crippen molar-refractivity contribution in [2.75, 3.05) is 5.32 Å². The summed E-state index contributed by atoms with van der Waals surface area (Å²) in [5, 5.41) is 12.8. The van der Waals surface area contributed by atoms with Gasteiger partial charge in [-0.2, -0.15) is 10.2 Å². The van der Waals surface area contributed by atoms with E-state index >= 15 is 0 Å². The number of rotatable bonds is 5. The average Bonchev–Trinajstić information content (AvgIpc) is 3.15. The highest BCUT2D eigenvalue weighted by molar-refractivity contribution is 5.95. The Bertz CT molecular complexity index is 1370. The van der Waals surface area contributed by atoms with Gasteiger partial charge in [0.15, 0.2) is 5.52 Å². The Morgan fingerprint density at radius 1 is 1.03 bits per heavy atom. The molecule has 0 saturated carbocycles. The molecule has 1 atom stereocenters. The van der Waals surface area contributed by atoms with Crippen molar-refractivity contribution < 1.29 is 4.79 Å². The highest BCUT2D eigenvalue weighted by atomic mass is 16.2. The number of hydrogen-bond donors (Lipinski definition) is 1. The van der Waals surface area contributed by atoms with Crippen molar-refractivity contribution in [1.82, 2.24) is 19.6 Å². The maximum absolute atomic E-state index is 13.3. The minimum atomic E-state index is -0.794. The van der Waals surface area contributed by atoms with Crippen molar-refractivity contribution in [3.8, 4) is 5.69 Å². The molecule has 164 valence electrons. The number of para-hydroxylation sites is 2. The van der Waals surface area contributed by atoms with Crippen LogP contribution in [0.3, 0.4) is 0 Å². The van der Waals surface area contributed by atoms with Gasteiger partial charge in [0.2, 0.25) is 5.91 Å². The fraction of sp³-hybridized carbons (Fsp3) is 0.280. The largest absolute Gasteiger partial charge is 0.324 e. The van der Waals surface area contributed by atoms with E-state index < -0.39 is 6.04 Å². The fourth-order valence-corrected chi connectivity index (χ4v) is 4.07. The van der Waals surface area contributed by atoms with Crippen molar-refractivity contribution in [3.05, 3.63) is 81.4 Å². The second-order valence-electron chi connectivity index (χ2n) is 8.02. The van der Waals surface area contributed by atoms with Gasteiger partial charge in [-0.25, -0.2) is 9.36 Å². The lowest BCUT2D eigenvalue weighted by molar-refractivity contribution is -0.119. The van der Waals surface area contributed by atoms with E-state index in [-0.39, 0.29) is 11.5 Å². The summed E-state index contributed by atoms with van der Waals surface area (Å²) in [7, 11) is 0. The predicted octanol–water partition coefficient (Wildman–Crippen LogP) is 4.27. The molecule has 0 saturated heterocycles. The first kappa shape index (κ1) is 21.5. The number of fused-ring (bicyclic) bond motifs is 1. The van der Waals surface area contributed by atoms with Crippen LogP contribution in [0.4, 0.5) is 5.69 Å². The third-order valence-corrected chi connectivity index (χ3v) is 5.88. The molecule has 0 radical (unpaired) electrons. The Morgan fingerprint density at radius 3 is 2.44 bits per heavy atom. The van der Waals surface area contributed by atoms with Crippen LogP contribution in [-0.4, -0.2) is 25.5 Å². The Labute approximate surface area is 186 Å². The monoisotopic (exact) mass is 429 g/mol. The molecule has 0 aliphatic rings. The third kappa shape index (κ3) is 3.60. The predicted molar refractivity (Wildman–Crippen MR) is 126 cm³/mol. The van der Waals surface area contributed by atoms with Gasteiger partial charge in [0, 0.05) is 5.69 Å². The lowest BCUT2D eigenvalue weighted by atomic mass is 10.1. The minimum absolute atomic E-state index is 0.290. The van der Waals surface area contributed by atoms with Crippen LogP contribution in [0, 0.1) is 20.8 Å². The van der Waals surface area contributed by atoms with Crippen molar-refractivity contribution in [3.63, 3.8) is 0 Å². The number of carbonyl (C=O) groups excluding carboxylic acids is 1. The Kier molecular flexibility index (Phi) is 5.65. The number of anilines is 1. The van der Waals surface area contributed by atoms with Gasteiger partial charge in [0.05, 0.1) is 22.5 Å². The molecule has 0 bridgehead atoms. The second kappa shape index (κ2) is 8.42. The fourth-order valence-electron chi connectivity index (χ4n) is 4.07. The lowest BCUT2D eigenvalue weighted by Crippen LogP contribution is -2.34. The summed E-state index contributed by atoms with van der Waals surface area (Å²) < 4.78 is 2.98. The van der Waals surface area contributed by atoms with Crippen molar-refractivity contribution in [2.24, 2.45) is 0 Å². The highest BCUT2D eigenvalue weighted by Crippen LogP contribution is 2.24. The summed E-state index contributed by atoms with van der Waals surface area (Å²) in [6, 6.07) is 14.8. The topological polar surface area (TPSA) is 81.8 Å². The van der Waals surface area contributed by atoms with Crippen LogP contribution in [0.15, 0.2) is 53.3 Å². The van der Waals surface area contributed by atoms with Crippen molar-refractivity contribution in [2.45, 2.75) is 47.1 Å². The second-order valence-corrected chi connectivity index (χ2v) is 8.02. The number of nitrogens with zero attached hydrogens (tertiary/aromatic N) is 4. The zero-order chi connectivity index (χ0) is 23.0. The molecule has 4 rings (SSSR count). The number of aromatic nitrogens is 4. The van der Waals surface area contributed by atoms with Crippen LogP contribution in [0.5, 0.6) is 0 Å². The average molecular weight is 430 g/mol. The van der Waals surface area contributed by atoms with Gasteiger partial charge in [-0.3, -0.25) is 9.59 Å². The van der Waals surface area contributed by atoms with E-state index in [0.29, 0.717) is 11.2 Å². The molecule has 0 aliphatic carbocycles. The molecule has 32 heavy (non-hydrogen) atoms. The van der Waals surface area contributed by atoms with E-state index in [1.807, 2.05) is 76.2 Å². The molecule has 1 amide bonds. The van der Waals surface area contributed by atoms with E-state index in [9.17, 15) is 9.59 Å². The number of amides is 1. The van der Waals surface area contributed by atoms with E-state index in [0.717, 1.165) is 40.0 Å². The molecule has 7 heteroatoms. The van der Waals surface area contributed by atoms with Crippen LogP contribution in [0.25, 0.3) is 16.6 Å². The van der Waals surface area contributed by atoms with Crippen LogP contribution < -0.4 is 10.9 Å². The maximum atomic E-state index is 13.3. The zero-order valence-corrected chi connectivity index (χ0v) is 19.0. The minimum Gasteiger partial charge on any atom is -0.324 e. The lowest BCUT2D eigenvalue weighted by Gasteiger charge is -2.18. The standard InChI is InChI=1S/C25H27N5O2/c1-6-19-12-10-11-15(2)22(19)26-24(31)18(5)30-25(32)23-21(16(3)27-30)17(4)29(28-23)20-13-8-7-9-14-20/h7-14,18H,6H2,1-5H3,(H,26,31). The number of benzene rings is 2. The number of aryl methyl sites for hydroxylation is 4. The molecular formula is C25H27N5O2. The van der Waals surface area contributed by atoms with Crippen molar-refractivity contribution >= 4 is 22.5 Å². The van der Waals surface area contributed by atoms with Gasteiger partial charge in [0.1, 0.15) is 6.04 Å². The van der Waals surface area contributed by atoms with Crippen LogP contribution in [0.1, 0.15) is 42.4 Å². The summed E-state index contributed by atoms with van der Waals surface area (Å²) in [6.45, 7) is 9.44. The van der Waals surface area contributed by atoms with E-state index in [4.69, 9.17) is 0 Å². The Morgan fingerprint density at radius 2 is 1.75 bits per heavy atom. The number of hydrogen-bond acceptors (Lipinski definition) is 4. The van der Waals surface area contributed by atoms with Gasteiger partial charge in [-0.1, -0.05) is 43.3 Å². The van der Waals surface area contributed by atoms with E-state index in [1.165, 1.54) is 4.68 Å². The van der Waals surface area contributed by atoms with Gasteiger partial charge in [-0.15, -0.1) is 0 Å². The smallest absolute Gasteiger partial charge is 0.295 e. The molecule has 2 heterocycles. The summed E-state index contributed by atoms with van der Waals surface area (Å²) >= 11 is 0. The Balaban J connectivity index is 1.76. The molecule has 1 N–H and O–H groups in total. The molecule has 2 aromatic carbocycles. The molecule has 0 aliphatic heterocycles. The normalized spacial score (nSPS) is 12.2. The number of nitrogens with one attached hydrogen (secondary N) is 1. The van der Waals surface area contributed by atoms with Gasteiger partial charge in [0.25, 0.3) is 5.56 Å². The summed E-state index contributed by atoms with van der Waals surface area (Å²) in [5.41, 5.74) is 5.11. The Hall–Kier alpha value is -3.74. The van der Waals surface area contributed by atoms with Crippen molar-refractivity contribution in [1.29, 1.82) is 0 Å². The van der Waals surface area contributed by atoms with Crippen LogP contribution >= 0.6 is 0 Å². The van der Waals surface area contributed by atoms with E-state index in [1.54, 1.807) is 11.6 Å². The highest BCUT2D eigenvalue weighted by Gasteiger charge is 2.24. The molecule has 0 spiro atoms.